The van der Waals surface area contributed by atoms with E-state index in [1.807, 2.05) is 30.3 Å². The minimum atomic E-state index is -0.464. The van der Waals surface area contributed by atoms with E-state index >= 15 is 0 Å². The highest BCUT2D eigenvalue weighted by Crippen LogP contribution is 2.46. The molecule has 0 atom stereocenters. The van der Waals surface area contributed by atoms with Crippen LogP contribution in [-0.4, -0.2) is 27.6 Å². The Kier molecular flexibility index (Phi) is 5.93. The van der Waals surface area contributed by atoms with Crippen molar-refractivity contribution in [2.45, 2.75) is 25.3 Å². The highest BCUT2D eigenvalue weighted by Gasteiger charge is 2.29. The van der Waals surface area contributed by atoms with Crippen molar-refractivity contribution in [3.8, 4) is 22.9 Å². The molecule has 9 heteroatoms. The minimum Gasteiger partial charge on any atom is -0.497 e. The van der Waals surface area contributed by atoms with Gasteiger partial charge in [-0.15, -0.1) is 11.3 Å². The van der Waals surface area contributed by atoms with E-state index in [9.17, 15) is 9.59 Å². The van der Waals surface area contributed by atoms with Crippen molar-refractivity contribution < 1.29 is 18.7 Å². The molecule has 3 aromatic heterocycles. The van der Waals surface area contributed by atoms with Crippen LogP contribution in [0.2, 0.25) is 0 Å². The van der Waals surface area contributed by atoms with Gasteiger partial charge in [-0.25, -0.2) is 14.8 Å². The molecule has 40 heavy (non-hydrogen) atoms. The molecule has 0 N–H and O–H groups in total. The summed E-state index contributed by atoms with van der Waals surface area (Å²) in [6, 6.07) is 20.1. The lowest BCUT2D eigenvalue weighted by Crippen LogP contribution is -2.24. The summed E-state index contributed by atoms with van der Waals surface area (Å²) in [6.45, 7) is 0.174. The Morgan fingerprint density at radius 3 is 2.70 bits per heavy atom. The third-order valence-corrected chi connectivity index (χ3v) is 8.22. The largest absolute Gasteiger partial charge is 0.497 e. The molecule has 0 aliphatic heterocycles. The van der Waals surface area contributed by atoms with E-state index in [2.05, 4.69) is 4.98 Å². The Hall–Kier alpha value is -4.76. The van der Waals surface area contributed by atoms with Gasteiger partial charge in [0, 0.05) is 10.9 Å². The van der Waals surface area contributed by atoms with Crippen LogP contribution in [0, 0.1) is 0 Å². The van der Waals surface area contributed by atoms with Crippen LogP contribution in [0.5, 0.6) is 11.5 Å². The Bertz CT molecular complexity index is 1940. The summed E-state index contributed by atoms with van der Waals surface area (Å²) in [4.78, 5) is 36.7. The smallest absolute Gasteiger partial charge is 0.343 e. The summed E-state index contributed by atoms with van der Waals surface area (Å²) >= 11 is 1.34. The molecule has 1 aliphatic carbocycles. The molecule has 198 valence electrons. The number of esters is 1. The van der Waals surface area contributed by atoms with Gasteiger partial charge in [0.15, 0.2) is 6.39 Å². The zero-order chi connectivity index (χ0) is 27.2. The molecule has 1 saturated carbocycles. The van der Waals surface area contributed by atoms with Gasteiger partial charge in [0.2, 0.25) is 0 Å². The van der Waals surface area contributed by atoms with Crippen molar-refractivity contribution in [2.24, 2.45) is 0 Å². The molecular weight excluding hydrogens is 526 g/mol. The Morgan fingerprint density at radius 2 is 1.95 bits per heavy atom. The lowest BCUT2D eigenvalue weighted by Gasteiger charge is -2.15. The Morgan fingerprint density at radius 1 is 1.10 bits per heavy atom. The molecule has 1 aliphatic rings. The van der Waals surface area contributed by atoms with Crippen molar-refractivity contribution in [1.29, 1.82) is 0 Å². The normalized spacial score (nSPS) is 13.1. The number of rotatable bonds is 7. The summed E-state index contributed by atoms with van der Waals surface area (Å²) in [5.74, 6) is 2.18. The molecule has 1 fully saturated rings. The SMILES string of the molecule is COc1ccc(-c2nc3sc4c(OC(=O)c5ccccc5)cccc4c3c(=O)n2Cc2cnco2)c(C2CC2)c1. The molecule has 7 rings (SSSR count). The third kappa shape index (κ3) is 4.24. The number of aromatic nitrogens is 3. The lowest BCUT2D eigenvalue weighted by molar-refractivity contribution is 0.0737. The Labute approximate surface area is 232 Å². The topological polar surface area (TPSA) is 96.5 Å². The molecule has 0 amide bonds. The van der Waals surface area contributed by atoms with Crippen LogP contribution in [-0.2, 0) is 6.54 Å². The summed E-state index contributed by atoms with van der Waals surface area (Å²) in [6.07, 6.45) is 5.10. The van der Waals surface area contributed by atoms with Gasteiger partial charge < -0.3 is 13.9 Å². The maximum Gasteiger partial charge on any atom is 0.343 e. The molecule has 3 heterocycles. The predicted octanol–water partition coefficient (Wildman–Crippen LogP) is 6.42. The van der Waals surface area contributed by atoms with Crippen LogP contribution in [0.25, 0.3) is 31.7 Å². The molecule has 0 unspecified atom stereocenters. The molecule has 8 nitrogen and oxygen atoms in total. The van der Waals surface area contributed by atoms with Crippen molar-refractivity contribution in [1.82, 2.24) is 14.5 Å². The van der Waals surface area contributed by atoms with Gasteiger partial charge in [-0.3, -0.25) is 9.36 Å². The van der Waals surface area contributed by atoms with E-state index in [1.54, 1.807) is 54.3 Å². The molecule has 0 bridgehead atoms. The van der Waals surface area contributed by atoms with Crippen molar-refractivity contribution in [3.05, 3.63) is 107 Å². The van der Waals surface area contributed by atoms with Crippen molar-refractivity contribution in [2.75, 3.05) is 7.11 Å². The number of methoxy groups -OCH3 is 1. The lowest BCUT2D eigenvalue weighted by atomic mass is 10.0. The number of fused-ring (bicyclic) bond motifs is 3. The zero-order valence-corrected chi connectivity index (χ0v) is 22.3. The maximum absolute atomic E-state index is 14.2. The minimum absolute atomic E-state index is 0.174. The quantitative estimate of drug-likeness (QED) is 0.167. The second-order valence-electron chi connectivity index (χ2n) is 9.69. The number of hydrogen-bond donors (Lipinski definition) is 0. The number of thiophene rings is 1. The Balaban J connectivity index is 1.43. The fraction of sp³-hybridized carbons (Fsp3) is 0.161. The van der Waals surface area contributed by atoms with Crippen molar-refractivity contribution in [3.63, 3.8) is 0 Å². The fourth-order valence-electron chi connectivity index (χ4n) is 5.00. The molecule has 0 radical (unpaired) electrons. The summed E-state index contributed by atoms with van der Waals surface area (Å²) in [5, 5.41) is 1.16. The number of hydrogen-bond acceptors (Lipinski definition) is 8. The molecular formula is C31H23N3O5S. The highest BCUT2D eigenvalue weighted by molar-refractivity contribution is 7.25. The van der Waals surface area contributed by atoms with Crippen LogP contribution in [0.4, 0.5) is 0 Å². The number of nitrogens with zero attached hydrogens (tertiary/aromatic N) is 3. The van der Waals surface area contributed by atoms with Gasteiger partial charge >= 0.3 is 5.97 Å². The predicted molar refractivity (Wildman–Crippen MR) is 152 cm³/mol. The second-order valence-corrected chi connectivity index (χ2v) is 10.7. The van der Waals surface area contributed by atoms with Crippen LogP contribution in [0.15, 0.2) is 88.5 Å². The van der Waals surface area contributed by atoms with E-state index in [0.29, 0.717) is 49.1 Å². The first-order valence-electron chi connectivity index (χ1n) is 12.9. The van der Waals surface area contributed by atoms with E-state index in [0.717, 1.165) is 29.7 Å². The van der Waals surface area contributed by atoms with E-state index in [1.165, 1.54) is 17.7 Å². The van der Waals surface area contributed by atoms with Gasteiger partial charge in [-0.1, -0.05) is 30.3 Å². The zero-order valence-electron chi connectivity index (χ0n) is 21.5. The molecule has 6 aromatic rings. The van der Waals surface area contributed by atoms with Crippen LogP contribution >= 0.6 is 11.3 Å². The number of carbonyl (C=O) groups is 1. The van der Waals surface area contributed by atoms with Crippen molar-refractivity contribution >= 4 is 37.6 Å². The average molecular weight is 550 g/mol. The van der Waals surface area contributed by atoms with Gasteiger partial charge in [-0.2, -0.15) is 0 Å². The molecule has 0 saturated heterocycles. The van der Waals surface area contributed by atoms with E-state index in [4.69, 9.17) is 18.9 Å². The van der Waals surface area contributed by atoms with Gasteiger partial charge in [0.25, 0.3) is 5.56 Å². The average Bonchev–Trinajstić information content (AvgIpc) is 3.57. The summed E-state index contributed by atoms with van der Waals surface area (Å²) in [5.41, 5.74) is 2.24. The second kappa shape index (κ2) is 9.77. The van der Waals surface area contributed by atoms with Crippen LogP contribution < -0.4 is 15.0 Å². The maximum atomic E-state index is 14.2. The highest BCUT2D eigenvalue weighted by atomic mass is 32.1. The number of ether oxygens (including phenoxy) is 2. The fourth-order valence-corrected chi connectivity index (χ4v) is 6.11. The van der Waals surface area contributed by atoms with Gasteiger partial charge in [0.05, 0.1) is 35.5 Å². The van der Waals surface area contributed by atoms with Crippen LogP contribution in [0.3, 0.4) is 0 Å². The summed E-state index contributed by atoms with van der Waals surface area (Å²) < 4.78 is 19.1. The molecule has 3 aromatic carbocycles. The first-order chi connectivity index (χ1) is 19.6. The monoisotopic (exact) mass is 549 g/mol. The number of benzene rings is 3. The van der Waals surface area contributed by atoms with Gasteiger partial charge in [0.1, 0.15) is 27.9 Å². The summed E-state index contributed by atoms with van der Waals surface area (Å²) in [7, 11) is 1.65. The number of carbonyl (C=O) groups excluding carboxylic acids is 1. The number of oxazole rings is 1. The van der Waals surface area contributed by atoms with Gasteiger partial charge in [-0.05, 0) is 60.7 Å². The van der Waals surface area contributed by atoms with Crippen LogP contribution in [0.1, 0.15) is 40.4 Å². The van der Waals surface area contributed by atoms with E-state index in [-0.39, 0.29) is 12.1 Å². The van der Waals surface area contributed by atoms with E-state index < -0.39 is 5.97 Å². The standard InChI is InChI=1S/C31H23N3O5S/c1-37-20-12-13-22(24(14-20)18-10-11-18)28-33-29-26(30(35)34(28)16-21-15-32-17-38-21)23-8-5-9-25(27(23)40-29)39-31(36)19-6-3-2-4-7-19/h2-9,12-15,17-18H,10-11,16H2,1H3. The molecule has 0 spiro atoms. The third-order valence-electron chi connectivity index (χ3n) is 7.11. The first kappa shape index (κ1) is 24.3. The first-order valence-corrected chi connectivity index (χ1v) is 13.7.